The first-order chi connectivity index (χ1) is 9.06. The predicted octanol–water partition coefficient (Wildman–Crippen LogP) is 2.72. The van der Waals surface area contributed by atoms with Crippen LogP contribution in [0.15, 0.2) is 24.3 Å². The van der Waals surface area contributed by atoms with Gasteiger partial charge < -0.3 is 10.6 Å². The molecule has 1 fully saturated rings. The molecule has 0 aliphatic heterocycles. The van der Waals surface area contributed by atoms with Gasteiger partial charge in [0, 0.05) is 26.1 Å². The van der Waals surface area contributed by atoms with Gasteiger partial charge in [-0.2, -0.15) is 0 Å². The summed E-state index contributed by atoms with van der Waals surface area (Å²) in [7, 11) is 1.76. The Bertz CT molecular complexity index is 455. The summed E-state index contributed by atoms with van der Waals surface area (Å²) in [6.07, 6.45) is 3.69. The molecule has 3 nitrogen and oxygen atoms in total. The molecule has 1 amide bonds. The summed E-state index contributed by atoms with van der Waals surface area (Å²) in [5.74, 6) is 0.130. The molecule has 0 heterocycles. The minimum absolute atomic E-state index is 0. The van der Waals surface area contributed by atoms with E-state index in [1.54, 1.807) is 18.0 Å². The largest absolute Gasteiger partial charge is 0.341 e. The van der Waals surface area contributed by atoms with Crippen molar-refractivity contribution in [1.29, 1.82) is 0 Å². The minimum Gasteiger partial charge on any atom is -0.341 e. The summed E-state index contributed by atoms with van der Waals surface area (Å²) in [5, 5.41) is 0. The molecule has 5 heteroatoms. The Kier molecular flexibility index (Phi) is 6.43. The Balaban J connectivity index is 0.00000200. The van der Waals surface area contributed by atoms with E-state index < -0.39 is 0 Å². The molecule has 2 N–H and O–H groups in total. The van der Waals surface area contributed by atoms with Gasteiger partial charge in [-0.05, 0) is 36.5 Å². The molecule has 2 atom stereocenters. The summed E-state index contributed by atoms with van der Waals surface area (Å²) in [6.45, 7) is 0.443. The van der Waals surface area contributed by atoms with Gasteiger partial charge in [0.05, 0.1) is 0 Å². The molecule has 0 saturated heterocycles. The third-order valence-corrected chi connectivity index (χ3v) is 3.89. The lowest BCUT2D eigenvalue weighted by Gasteiger charge is -2.21. The predicted molar refractivity (Wildman–Crippen MR) is 80.1 cm³/mol. The highest BCUT2D eigenvalue weighted by atomic mass is 35.5. The fraction of sp³-hybridized carbons (Fsp3) is 0.533. The molecule has 1 aliphatic carbocycles. The maximum atomic E-state index is 13.1. The fourth-order valence-corrected chi connectivity index (χ4v) is 2.70. The van der Waals surface area contributed by atoms with Crippen molar-refractivity contribution < 1.29 is 9.18 Å². The highest BCUT2D eigenvalue weighted by Crippen LogP contribution is 2.27. The number of benzene rings is 1. The van der Waals surface area contributed by atoms with E-state index in [9.17, 15) is 9.18 Å². The Hall–Kier alpha value is -1.13. The van der Waals surface area contributed by atoms with Crippen LogP contribution in [0.3, 0.4) is 0 Å². The second kappa shape index (κ2) is 7.60. The van der Waals surface area contributed by atoms with Gasteiger partial charge >= 0.3 is 0 Å². The number of nitrogens with zero attached hydrogens (tertiary/aromatic N) is 1. The normalized spacial score (nSPS) is 21.4. The van der Waals surface area contributed by atoms with Crippen molar-refractivity contribution in [3.8, 4) is 0 Å². The van der Waals surface area contributed by atoms with Crippen LogP contribution < -0.4 is 5.73 Å². The van der Waals surface area contributed by atoms with Crippen LogP contribution in [0, 0.1) is 11.7 Å². The number of nitrogens with two attached hydrogens (primary N) is 1. The average Bonchev–Trinajstić information content (AvgIpc) is 2.75. The SMILES string of the molecule is CN(Cc1cccc(F)c1)C(=O)C[C@@H]1CCC[C@H]1N.Cl. The van der Waals surface area contributed by atoms with Crippen LogP contribution in [-0.2, 0) is 11.3 Å². The van der Waals surface area contributed by atoms with Gasteiger partial charge in [-0.3, -0.25) is 4.79 Å². The van der Waals surface area contributed by atoms with Gasteiger partial charge in [-0.1, -0.05) is 18.6 Å². The van der Waals surface area contributed by atoms with Crippen molar-refractivity contribution in [3.05, 3.63) is 35.6 Å². The molecule has 0 unspecified atom stereocenters. The summed E-state index contributed by atoms with van der Waals surface area (Å²) >= 11 is 0. The molecule has 112 valence electrons. The third kappa shape index (κ3) is 4.46. The summed E-state index contributed by atoms with van der Waals surface area (Å²) in [6, 6.07) is 6.52. The average molecular weight is 301 g/mol. The number of carbonyl (C=O) groups is 1. The van der Waals surface area contributed by atoms with E-state index in [4.69, 9.17) is 5.73 Å². The van der Waals surface area contributed by atoms with Crippen molar-refractivity contribution in [1.82, 2.24) is 4.90 Å². The zero-order chi connectivity index (χ0) is 13.8. The van der Waals surface area contributed by atoms with Crippen LogP contribution in [0.4, 0.5) is 4.39 Å². The minimum atomic E-state index is -0.267. The monoisotopic (exact) mass is 300 g/mol. The highest BCUT2D eigenvalue weighted by Gasteiger charge is 2.27. The maximum Gasteiger partial charge on any atom is 0.222 e. The molecule has 0 bridgehead atoms. The van der Waals surface area contributed by atoms with E-state index in [-0.39, 0.29) is 30.2 Å². The van der Waals surface area contributed by atoms with E-state index in [2.05, 4.69) is 0 Å². The van der Waals surface area contributed by atoms with Crippen molar-refractivity contribution >= 4 is 18.3 Å². The molecule has 20 heavy (non-hydrogen) atoms. The molecule has 1 aromatic rings. The van der Waals surface area contributed by atoms with Crippen LogP contribution in [0.1, 0.15) is 31.2 Å². The molecule has 1 aliphatic rings. The fourth-order valence-electron chi connectivity index (χ4n) is 2.70. The lowest BCUT2D eigenvalue weighted by Crippen LogP contribution is -2.32. The molecule has 1 saturated carbocycles. The summed E-state index contributed by atoms with van der Waals surface area (Å²) in [5.41, 5.74) is 6.79. The van der Waals surface area contributed by atoms with E-state index >= 15 is 0 Å². The molecular weight excluding hydrogens is 279 g/mol. The van der Waals surface area contributed by atoms with Crippen molar-refractivity contribution in [2.75, 3.05) is 7.05 Å². The van der Waals surface area contributed by atoms with Gasteiger partial charge in [0.1, 0.15) is 5.82 Å². The van der Waals surface area contributed by atoms with Crippen molar-refractivity contribution in [3.63, 3.8) is 0 Å². The maximum absolute atomic E-state index is 13.1. The Morgan fingerprint density at radius 1 is 1.45 bits per heavy atom. The first-order valence-corrected chi connectivity index (χ1v) is 6.80. The van der Waals surface area contributed by atoms with Gasteiger partial charge in [0.15, 0.2) is 0 Å². The number of carbonyl (C=O) groups excluding carboxylic acids is 1. The first kappa shape index (κ1) is 16.9. The van der Waals surface area contributed by atoms with Gasteiger partial charge in [-0.25, -0.2) is 4.39 Å². The Labute approximate surface area is 125 Å². The number of hydrogen-bond acceptors (Lipinski definition) is 2. The highest BCUT2D eigenvalue weighted by molar-refractivity contribution is 5.85. The smallest absolute Gasteiger partial charge is 0.222 e. The molecule has 2 rings (SSSR count). The van der Waals surface area contributed by atoms with Gasteiger partial charge in [0.25, 0.3) is 0 Å². The molecule has 0 aromatic heterocycles. The van der Waals surface area contributed by atoms with Crippen molar-refractivity contribution in [2.24, 2.45) is 11.7 Å². The van der Waals surface area contributed by atoms with Gasteiger partial charge in [0.2, 0.25) is 5.91 Å². The molecule has 0 spiro atoms. The Morgan fingerprint density at radius 2 is 2.20 bits per heavy atom. The first-order valence-electron chi connectivity index (χ1n) is 6.80. The quantitative estimate of drug-likeness (QED) is 0.929. The van der Waals surface area contributed by atoms with Crippen LogP contribution in [0.25, 0.3) is 0 Å². The van der Waals surface area contributed by atoms with E-state index in [0.717, 1.165) is 24.8 Å². The zero-order valence-electron chi connectivity index (χ0n) is 11.7. The number of halogens is 2. The van der Waals surface area contributed by atoms with E-state index in [0.29, 0.717) is 18.9 Å². The number of amides is 1. The topological polar surface area (TPSA) is 46.3 Å². The Morgan fingerprint density at radius 3 is 2.80 bits per heavy atom. The van der Waals surface area contributed by atoms with Crippen LogP contribution in [0.5, 0.6) is 0 Å². The van der Waals surface area contributed by atoms with E-state index in [1.165, 1.54) is 12.1 Å². The summed E-state index contributed by atoms with van der Waals surface area (Å²) < 4.78 is 13.1. The molecule has 1 aromatic carbocycles. The van der Waals surface area contributed by atoms with Crippen molar-refractivity contribution in [2.45, 2.75) is 38.3 Å². The van der Waals surface area contributed by atoms with Crippen LogP contribution >= 0.6 is 12.4 Å². The lowest BCUT2D eigenvalue weighted by atomic mass is 9.99. The third-order valence-electron chi connectivity index (χ3n) is 3.89. The lowest BCUT2D eigenvalue weighted by molar-refractivity contribution is -0.131. The second-order valence-electron chi connectivity index (χ2n) is 5.44. The number of hydrogen-bond donors (Lipinski definition) is 1. The second-order valence-corrected chi connectivity index (χ2v) is 5.44. The van der Waals surface area contributed by atoms with E-state index in [1.807, 2.05) is 6.07 Å². The van der Waals surface area contributed by atoms with Crippen LogP contribution in [-0.4, -0.2) is 23.9 Å². The summed E-state index contributed by atoms with van der Waals surface area (Å²) in [4.78, 5) is 13.8. The zero-order valence-corrected chi connectivity index (χ0v) is 12.5. The standard InChI is InChI=1S/C15H21FN2O.ClH/c1-18(10-11-4-2-6-13(16)8-11)15(19)9-12-5-3-7-14(12)17;/h2,4,6,8,12,14H,3,5,7,9-10,17H2,1H3;1H/t12-,14+;/m0./s1. The van der Waals surface area contributed by atoms with Crippen LogP contribution in [0.2, 0.25) is 0 Å². The number of rotatable bonds is 4. The molecule has 0 radical (unpaired) electrons. The molecular formula is C15H22ClFN2O. The van der Waals surface area contributed by atoms with Gasteiger partial charge in [-0.15, -0.1) is 12.4 Å².